The summed E-state index contributed by atoms with van der Waals surface area (Å²) in [6.07, 6.45) is 2.34. The Morgan fingerprint density at radius 1 is 1.33 bits per heavy atom. The number of nitrogens with zero attached hydrogens (tertiary/aromatic N) is 5. The zero-order valence-electron chi connectivity index (χ0n) is 15.6. The summed E-state index contributed by atoms with van der Waals surface area (Å²) in [6, 6.07) is 3.88. The van der Waals surface area contributed by atoms with Crippen molar-refractivity contribution < 1.29 is 14.1 Å². The lowest BCUT2D eigenvalue weighted by atomic mass is 10.1. The summed E-state index contributed by atoms with van der Waals surface area (Å²) < 4.78 is 7.28. The SMILES string of the molecule is Cc1nn(Cc2ccc(C(=O)N3CCN4CCCC4C3)o2)c(C)c1[N+](=O)[O-]. The topological polar surface area (TPSA) is 97.7 Å². The van der Waals surface area contributed by atoms with Gasteiger partial charge in [-0.15, -0.1) is 0 Å². The lowest BCUT2D eigenvalue weighted by Gasteiger charge is -2.37. The third-order valence-corrected chi connectivity index (χ3v) is 5.58. The van der Waals surface area contributed by atoms with Crippen molar-refractivity contribution in [3.05, 3.63) is 45.2 Å². The monoisotopic (exact) mass is 373 g/mol. The summed E-state index contributed by atoms with van der Waals surface area (Å²) in [5.41, 5.74) is 0.862. The van der Waals surface area contributed by atoms with Gasteiger partial charge in [-0.1, -0.05) is 0 Å². The number of rotatable bonds is 4. The molecule has 2 aromatic rings. The van der Waals surface area contributed by atoms with E-state index < -0.39 is 4.92 Å². The number of amides is 1. The van der Waals surface area contributed by atoms with Crippen LogP contribution in [0.1, 0.15) is 40.5 Å². The Morgan fingerprint density at radius 3 is 2.89 bits per heavy atom. The summed E-state index contributed by atoms with van der Waals surface area (Å²) in [6.45, 7) is 7.04. The van der Waals surface area contributed by atoms with Crippen molar-refractivity contribution in [3.8, 4) is 0 Å². The molecule has 4 heterocycles. The molecule has 1 atom stereocenters. The molecular weight excluding hydrogens is 350 g/mol. The normalized spacial score (nSPS) is 20.1. The van der Waals surface area contributed by atoms with Crippen LogP contribution in [0.5, 0.6) is 0 Å². The summed E-state index contributed by atoms with van der Waals surface area (Å²) in [4.78, 5) is 27.8. The number of carbonyl (C=O) groups is 1. The lowest BCUT2D eigenvalue weighted by Crippen LogP contribution is -2.51. The molecule has 2 saturated heterocycles. The number of hydrogen-bond acceptors (Lipinski definition) is 6. The van der Waals surface area contributed by atoms with Gasteiger partial charge >= 0.3 is 5.69 Å². The molecule has 9 heteroatoms. The van der Waals surface area contributed by atoms with Crippen molar-refractivity contribution in [1.29, 1.82) is 0 Å². The molecule has 4 rings (SSSR count). The fourth-order valence-corrected chi connectivity index (χ4v) is 4.16. The number of carbonyl (C=O) groups excluding carboxylic acids is 1. The number of nitro groups is 1. The average molecular weight is 373 g/mol. The second-order valence-corrected chi connectivity index (χ2v) is 7.28. The largest absolute Gasteiger partial charge is 0.454 e. The van der Waals surface area contributed by atoms with Gasteiger partial charge in [-0.25, -0.2) is 0 Å². The van der Waals surface area contributed by atoms with E-state index in [2.05, 4.69) is 10.00 Å². The molecule has 2 aliphatic rings. The Labute approximate surface area is 156 Å². The van der Waals surface area contributed by atoms with Crippen LogP contribution >= 0.6 is 0 Å². The first-order chi connectivity index (χ1) is 12.9. The van der Waals surface area contributed by atoms with Crippen LogP contribution < -0.4 is 0 Å². The molecule has 2 aromatic heterocycles. The van der Waals surface area contributed by atoms with E-state index in [1.807, 2.05) is 4.90 Å². The van der Waals surface area contributed by atoms with Crippen LogP contribution in [0.4, 0.5) is 5.69 Å². The second kappa shape index (κ2) is 6.80. The number of piperazine rings is 1. The van der Waals surface area contributed by atoms with Crippen LogP contribution in [0.2, 0.25) is 0 Å². The molecule has 144 valence electrons. The van der Waals surface area contributed by atoms with E-state index in [1.54, 1.807) is 26.0 Å². The molecule has 1 amide bonds. The van der Waals surface area contributed by atoms with Crippen molar-refractivity contribution in [2.24, 2.45) is 0 Å². The third-order valence-electron chi connectivity index (χ3n) is 5.58. The van der Waals surface area contributed by atoms with E-state index in [0.29, 0.717) is 29.0 Å². The molecule has 1 unspecified atom stereocenters. The average Bonchev–Trinajstić information content (AvgIpc) is 3.33. The highest BCUT2D eigenvalue weighted by atomic mass is 16.6. The zero-order chi connectivity index (χ0) is 19.1. The highest BCUT2D eigenvalue weighted by Gasteiger charge is 2.33. The van der Waals surface area contributed by atoms with Gasteiger partial charge in [-0.3, -0.25) is 24.5 Å². The molecule has 0 bridgehead atoms. The maximum atomic E-state index is 12.8. The molecule has 0 saturated carbocycles. The van der Waals surface area contributed by atoms with Crippen LogP contribution in [0.3, 0.4) is 0 Å². The molecule has 2 fully saturated rings. The quantitative estimate of drug-likeness (QED) is 0.600. The zero-order valence-corrected chi connectivity index (χ0v) is 15.6. The van der Waals surface area contributed by atoms with E-state index in [9.17, 15) is 14.9 Å². The lowest BCUT2D eigenvalue weighted by molar-refractivity contribution is -0.386. The minimum atomic E-state index is -0.423. The van der Waals surface area contributed by atoms with E-state index >= 15 is 0 Å². The van der Waals surface area contributed by atoms with E-state index in [1.165, 1.54) is 11.1 Å². The molecule has 2 aliphatic heterocycles. The van der Waals surface area contributed by atoms with Crippen LogP contribution in [0.15, 0.2) is 16.5 Å². The minimum absolute atomic E-state index is 0.0206. The first kappa shape index (κ1) is 17.7. The van der Waals surface area contributed by atoms with Gasteiger partial charge in [0.2, 0.25) is 0 Å². The van der Waals surface area contributed by atoms with Crippen molar-refractivity contribution in [2.75, 3.05) is 26.2 Å². The van der Waals surface area contributed by atoms with Crippen LogP contribution in [0, 0.1) is 24.0 Å². The first-order valence-corrected chi connectivity index (χ1v) is 9.24. The van der Waals surface area contributed by atoms with Gasteiger partial charge in [-0.2, -0.15) is 5.10 Å². The number of hydrogen-bond donors (Lipinski definition) is 0. The van der Waals surface area contributed by atoms with E-state index in [4.69, 9.17) is 4.42 Å². The first-order valence-electron chi connectivity index (χ1n) is 9.24. The van der Waals surface area contributed by atoms with Crippen LogP contribution in [0.25, 0.3) is 0 Å². The third kappa shape index (κ3) is 3.23. The van der Waals surface area contributed by atoms with Gasteiger partial charge in [0.1, 0.15) is 17.1 Å². The van der Waals surface area contributed by atoms with Crippen molar-refractivity contribution in [1.82, 2.24) is 19.6 Å². The summed E-state index contributed by atoms with van der Waals surface area (Å²) >= 11 is 0. The molecule has 27 heavy (non-hydrogen) atoms. The fourth-order valence-electron chi connectivity index (χ4n) is 4.16. The standard InChI is InChI=1S/C18H23N5O4/c1-12-17(23(25)26)13(2)22(19-12)11-15-5-6-16(27-15)18(24)21-9-8-20-7-3-4-14(20)10-21/h5-6,14H,3-4,7-11H2,1-2H3. The predicted octanol–water partition coefficient (Wildman–Crippen LogP) is 1.97. The van der Waals surface area contributed by atoms with Crippen molar-refractivity contribution >= 4 is 11.6 Å². The highest BCUT2D eigenvalue weighted by Crippen LogP contribution is 2.25. The summed E-state index contributed by atoms with van der Waals surface area (Å²) in [7, 11) is 0. The van der Waals surface area contributed by atoms with E-state index in [0.717, 1.165) is 32.6 Å². The Balaban J connectivity index is 1.46. The number of fused-ring (bicyclic) bond motifs is 1. The number of aromatic nitrogens is 2. The van der Waals surface area contributed by atoms with E-state index in [-0.39, 0.29) is 18.1 Å². The van der Waals surface area contributed by atoms with Gasteiger partial charge in [-0.05, 0) is 45.4 Å². The fraction of sp³-hybridized carbons (Fsp3) is 0.556. The van der Waals surface area contributed by atoms with Crippen LogP contribution in [-0.4, -0.2) is 62.6 Å². The Kier molecular flexibility index (Phi) is 4.47. The Morgan fingerprint density at radius 2 is 2.15 bits per heavy atom. The maximum absolute atomic E-state index is 12.8. The minimum Gasteiger partial charge on any atom is -0.454 e. The smallest absolute Gasteiger partial charge is 0.312 e. The molecule has 0 radical (unpaired) electrons. The molecular formula is C18H23N5O4. The Bertz CT molecular complexity index is 886. The summed E-state index contributed by atoms with van der Waals surface area (Å²) in [5, 5.41) is 15.4. The number of furan rings is 1. The molecule has 0 aliphatic carbocycles. The molecule has 9 nitrogen and oxygen atoms in total. The van der Waals surface area contributed by atoms with Crippen LogP contribution in [-0.2, 0) is 6.54 Å². The van der Waals surface area contributed by atoms with Gasteiger partial charge in [0.05, 0.1) is 11.5 Å². The van der Waals surface area contributed by atoms with Gasteiger partial charge < -0.3 is 9.32 Å². The summed E-state index contributed by atoms with van der Waals surface area (Å²) in [5.74, 6) is 0.776. The van der Waals surface area contributed by atoms with Gasteiger partial charge in [0, 0.05) is 25.7 Å². The van der Waals surface area contributed by atoms with Crippen molar-refractivity contribution in [3.63, 3.8) is 0 Å². The van der Waals surface area contributed by atoms with Gasteiger partial charge in [0.15, 0.2) is 5.76 Å². The predicted molar refractivity (Wildman–Crippen MR) is 96.7 cm³/mol. The Hall–Kier alpha value is -2.68. The number of aryl methyl sites for hydroxylation is 1. The second-order valence-electron chi connectivity index (χ2n) is 7.28. The highest BCUT2D eigenvalue weighted by molar-refractivity contribution is 5.91. The molecule has 0 aromatic carbocycles. The molecule has 0 spiro atoms. The van der Waals surface area contributed by atoms with Crippen molar-refractivity contribution in [2.45, 2.75) is 39.3 Å². The molecule has 0 N–H and O–H groups in total. The maximum Gasteiger partial charge on any atom is 0.312 e. The van der Waals surface area contributed by atoms with Gasteiger partial charge in [0.25, 0.3) is 5.91 Å².